The zero-order chi connectivity index (χ0) is 20.2. The summed E-state index contributed by atoms with van der Waals surface area (Å²) in [4.78, 5) is 24.6. The standard InChI is InChI=1S/C20H20ClF2NO3/c1-19(2,3)27-18(26)24-16(13-7-5-4-6-8-13)20(22,23)17(25)14-9-11-15(21)12-10-14/h4-12,16H,1-3H3,(H,24,26)/t16-/m0/s1. The minimum atomic E-state index is -3.91. The van der Waals surface area contributed by atoms with Gasteiger partial charge in [-0.2, -0.15) is 8.78 Å². The molecule has 144 valence electrons. The van der Waals surface area contributed by atoms with Crippen molar-refractivity contribution in [3.63, 3.8) is 0 Å². The Labute approximate surface area is 161 Å². The van der Waals surface area contributed by atoms with E-state index in [0.29, 0.717) is 5.02 Å². The number of alkyl halides is 2. The molecule has 1 atom stereocenters. The Bertz CT molecular complexity index is 802. The number of Topliss-reactive ketones (excluding diaryl/α,β-unsaturated/α-hetero) is 1. The molecule has 0 aromatic heterocycles. The van der Waals surface area contributed by atoms with E-state index < -0.39 is 29.4 Å². The molecule has 2 aromatic rings. The van der Waals surface area contributed by atoms with Crippen LogP contribution in [-0.2, 0) is 4.74 Å². The minimum Gasteiger partial charge on any atom is -0.444 e. The molecule has 0 aliphatic rings. The van der Waals surface area contributed by atoms with Crippen LogP contribution in [0.3, 0.4) is 0 Å². The molecular weight excluding hydrogens is 376 g/mol. The smallest absolute Gasteiger partial charge is 0.408 e. The summed E-state index contributed by atoms with van der Waals surface area (Å²) < 4.78 is 35.3. The number of halogens is 3. The van der Waals surface area contributed by atoms with Crippen LogP contribution >= 0.6 is 11.6 Å². The largest absolute Gasteiger partial charge is 0.444 e. The topological polar surface area (TPSA) is 55.4 Å². The number of amides is 1. The van der Waals surface area contributed by atoms with Crippen molar-refractivity contribution in [1.29, 1.82) is 0 Å². The Morgan fingerprint density at radius 1 is 1.00 bits per heavy atom. The highest BCUT2D eigenvalue weighted by Crippen LogP contribution is 2.35. The monoisotopic (exact) mass is 395 g/mol. The molecular formula is C20H20ClF2NO3. The Kier molecular flexibility index (Phi) is 6.21. The highest BCUT2D eigenvalue weighted by Gasteiger charge is 2.49. The number of rotatable bonds is 5. The SMILES string of the molecule is CC(C)(C)OC(=O)N[C@@H](c1ccccc1)C(F)(F)C(=O)c1ccc(Cl)cc1. The van der Waals surface area contributed by atoms with E-state index in [1.165, 1.54) is 36.4 Å². The minimum absolute atomic E-state index is 0.0793. The van der Waals surface area contributed by atoms with Crippen molar-refractivity contribution in [2.75, 3.05) is 0 Å². The maximum absolute atomic E-state index is 15.1. The summed E-state index contributed by atoms with van der Waals surface area (Å²) in [6.45, 7) is 4.84. The molecule has 4 nitrogen and oxygen atoms in total. The van der Waals surface area contributed by atoms with E-state index in [1.807, 2.05) is 0 Å². The van der Waals surface area contributed by atoms with E-state index in [4.69, 9.17) is 16.3 Å². The van der Waals surface area contributed by atoms with E-state index in [2.05, 4.69) is 5.32 Å². The van der Waals surface area contributed by atoms with Crippen LogP contribution in [0.25, 0.3) is 0 Å². The van der Waals surface area contributed by atoms with Crippen LogP contribution < -0.4 is 5.32 Å². The molecule has 0 fully saturated rings. The molecule has 0 aliphatic heterocycles. The van der Waals surface area contributed by atoms with Crippen LogP contribution in [-0.4, -0.2) is 23.4 Å². The Morgan fingerprint density at radius 2 is 1.56 bits per heavy atom. The van der Waals surface area contributed by atoms with Gasteiger partial charge in [-0.05, 0) is 50.6 Å². The van der Waals surface area contributed by atoms with Gasteiger partial charge >= 0.3 is 12.0 Å². The summed E-state index contributed by atoms with van der Waals surface area (Å²) in [5, 5.41) is 2.45. The summed E-state index contributed by atoms with van der Waals surface area (Å²) in [7, 11) is 0. The van der Waals surface area contributed by atoms with Crippen molar-refractivity contribution in [3.05, 3.63) is 70.7 Å². The van der Waals surface area contributed by atoms with Crippen LogP contribution in [0.4, 0.5) is 13.6 Å². The highest BCUT2D eigenvalue weighted by molar-refractivity contribution is 6.30. The van der Waals surface area contributed by atoms with Crippen LogP contribution in [0.1, 0.15) is 42.7 Å². The van der Waals surface area contributed by atoms with Crippen molar-refractivity contribution in [3.8, 4) is 0 Å². The lowest BCUT2D eigenvalue weighted by Gasteiger charge is -2.28. The van der Waals surface area contributed by atoms with E-state index >= 15 is 8.78 Å². The second-order valence-corrected chi connectivity index (χ2v) is 7.39. The van der Waals surface area contributed by atoms with Gasteiger partial charge in [-0.3, -0.25) is 4.79 Å². The summed E-state index contributed by atoms with van der Waals surface area (Å²) in [5.74, 6) is -5.34. The van der Waals surface area contributed by atoms with Gasteiger partial charge in [0.15, 0.2) is 0 Å². The van der Waals surface area contributed by atoms with Crippen molar-refractivity contribution in [2.45, 2.75) is 38.3 Å². The Balaban J connectivity index is 2.37. The first-order valence-electron chi connectivity index (χ1n) is 8.23. The number of benzene rings is 2. The third kappa shape index (κ3) is 5.50. The van der Waals surface area contributed by atoms with Gasteiger partial charge in [0.2, 0.25) is 5.78 Å². The first-order chi connectivity index (χ1) is 12.5. The molecule has 0 unspecified atom stereocenters. The molecule has 1 amide bonds. The fourth-order valence-electron chi connectivity index (χ4n) is 2.38. The number of ketones is 1. The lowest BCUT2D eigenvalue weighted by atomic mass is 9.94. The molecule has 27 heavy (non-hydrogen) atoms. The van der Waals surface area contributed by atoms with Crippen LogP contribution in [0.15, 0.2) is 54.6 Å². The van der Waals surface area contributed by atoms with Crippen molar-refractivity contribution < 1.29 is 23.1 Å². The summed E-state index contributed by atoms with van der Waals surface area (Å²) in [6.07, 6.45) is -1.04. The highest BCUT2D eigenvalue weighted by atomic mass is 35.5. The average molecular weight is 396 g/mol. The Hall–Kier alpha value is -2.47. The molecule has 0 radical (unpaired) electrons. The van der Waals surface area contributed by atoms with Gasteiger partial charge in [0.25, 0.3) is 0 Å². The molecule has 2 aromatic carbocycles. The summed E-state index contributed by atoms with van der Waals surface area (Å²) in [6, 6.07) is 10.8. The molecule has 0 heterocycles. The first kappa shape index (κ1) is 20.8. The first-order valence-corrected chi connectivity index (χ1v) is 8.61. The number of ether oxygens (including phenoxy) is 1. The second kappa shape index (κ2) is 8.05. The predicted octanol–water partition coefficient (Wildman–Crippen LogP) is 5.42. The predicted molar refractivity (Wildman–Crippen MR) is 99.3 cm³/mol. The fraction of sp³-hybridized carbons (Fsp3) is 0.300. The number of hydrogen-bond acceptors (Lipinski definition) is 3. The molecule has 0 aliphatic carbocycles. The Morgan fingerprint density at radius 3 is 2.07 bits per heavy atom. The van der Waals surface area contributed by atoms with E-state index in [1.54, 1.807) is 39.0 Å². The molecule has 1 N–H and O–H groups in total. The lowest BCUT2D eigenvalue weighted by Crippen LogP contribution is -2.47. The van der Waals surface area contributed by atoms with Crippen molar-refractivity contribution >= 4 is 23.5 Å². The third-order valence-electron chi connectivity index (χ3n) is 3.57. The molecule has 0 saturated carbocycles. The number of carbonyl (C=O) groups is 2. The molecule has 0 bridgehead atoms. The normalized spacial score (nSPS) is 13.0. The van der Waals surface area contributed by atoms with Crippen molar-refractivity contribution in [1.82, 2.24) is 5.32 Å². The third-order valence-corrected chi connectivity index (χ3v) is 3.82. The maximum Gasteiger partial charge on any atom is 0.408 e. The molecule has 0 saturated heterocycles. The van der Waals surface area contributed by atoms with Crippen LogP contribution in [0.2, 0.25) is 5.02 Å². The van der Waals surface area contributed by atoms with Crippen LogP contribution in [0, 0.1) is 0 Å². The maximum atomic E-state index is 15.1. The molecule has 0 spiro atoms. The molecule has 7 heteroatoms. The number of nitrogens with one attached hydrogen (secondary N) is 1. The lowest BCUT2D eigenvalue weighted by molar-refractivity contribution is -0.0208. The second-order valence-electron chi connectivity index (χ2n) is 6.95. The number of alkyl carbamates (subject to hydrolysis) is 1. The van der Waals surface area contributed by atoms with Gasteiger partial charge in [0.05, 0.1) is 0 Å². The van der Waals surface area contributed by atoms with E-state index in [-0.39, 0.29) is 11.1 Å². The van der Waals surface area contributed by atoms with Crippen molar-refractivity contribution in [2.24, 2.45) is 0 Å². The number of hydrogen-bond donors (Lipinski definition) is 1. The van der Waals surface area contributed by atoms with E-state index in [9.17, 15) is 9.59 Å². The van der Waals surface area contributed by atoms with E-state index in [0.717, 1.165) is 0 Å². The zero-order valence-corrected chi connectivity index (χ0v) is 15.9. The van der Waals surface area contributed by atoms with Gasteiger partial charge in [-0.25, -0.2) is 4.79 Å². The van der Waals surface area contributed by atoms with Gasteiger partial charge in [-0.15, -0.1) is 0 Å². The van der Waals surface area contributed by atoms with Gasteiger partial charge in [-0.1, -0.05) is 41.9 Å². The van der Waals surface area contributed by atoms with Gasteiger partial charge < -0.3 is 10.1 Å². The van der Waals surface area contributed by atoms with Gasteiger partial charge in [0, 0.05) is 10.6 Å². The number of carbonyl (C=O) groups excluding carboxylic acids is 2. The summed E-state index contributed by atoms with van der Waals surface area (Å²) >= 11 is 5.75. The fourth-order valence-corrected chi connectivity index (χ4v) is 2.50. The van der Waals surface area contributed by atoms with Crippen LogP contribution in [0.5, 0.6) is 0 Å². The van der Waals surface area contributed by atoms with Gasteiger partial charge in [0.1, 0.15) is 11.6 Å². The summed E-state index contributed by atoms with van der Waals surface area (Å²) in [5.41, 5.74) is -1.01. The average Bonchev–Trinajstić information content (AvgIpc) is 2.59. The molecule has 2 rings (SSSR count). The quantitative estimate of drug-likeness (QED) is 0.687. The zero-order valence-electron chi connectivity index (χ0n) is 15.1.